The topological polar surface area (TPSA) is 32.3 Å². The van der Waals surface area contributed by atoms with Gasteiger partial charge in [-0.05, 0) is 43.2 Å². The Morgan fingerprint density at radius 2 is 2.00 bits per heavy atom. The monoisotopic (exact) mass is 247 g/mol. The molecule has 1 aliphatic carbocycles. The van der Waals surface area contributed by atoms with Crippen molar-refractivity contribution in [3.05, 3.63) is 35.4 Å². The van der Waals surface area contributed by atoms with E-state index in [1.165, 1.54) is 17.5 Å². The third-order valence-corrected chi connectivity index (χ3v) is 4.34. The third kappa shape index (κ3) is 3.12. The molecule has 2 heteroatoms. The summed E-state index contributed by atoms with van der Waals surface area (Å²) >= 11 is 0. The zero-order valence-electron chi connectivity index (χ0n) is 11.7. The molecule has 2 nitrogen and oxygen atoms in total. The lowest BCUT2D eigenvalue weighted by Crippen LogP contribution is -2.47. The van der Waals surface area contributed by atoms with E-state index in [0.29, 0.717) is 12.6 Å². The molecule has 1 aromatic rings. The highest BCUT2D eigenvalue weighted by Gasteiger charge is 2.26. The Bertz CT molecular complexity index is 398. The summed E-state index contributed by atoms with van der Waals surface area (Å²) in [5.74, 6) is 0.279. The molecule has 2 rings (SSSR count). The number of hydrogen-bond donors (Lipinski definition) is 2. The summed E-state index contributed by atoms with van der Waals surface area (Å²) in [6.45, 7) is 6.73. The van der Waals surface area contributed by atoms with Gasteiger partial charge in [-0.15, -0.1) is 0 Å². The summed E-state index contributed by atoms with van der Waals surface area (Å²) < 4.78 is 0. The zero-order valence-corrected chi connectivity index (χ0v) is 11.7. The van der Waals surface area contributed by atoms with Crippen molar-refractivity contribution in [3.63, 3.8) is 0 Å². The van der Waals surface area contributed by atoms with E-state index in [2.05, 4.69) is 43.4 Å². The van der Waals surface area contributed by atoms with Gasteiger partial charge >= 0.3 is 0 Å². The summed E-state index contributed by atoms with van der Waals surface area (Å²) in [4.78, 5) is 0. The molecule has 2 atom stereocenters. The van der Waals surface area contributed by atoms with Gasteiger partial charge in [0.25, 0.3) is 0 Å². The number of rotatable bonds is 4. The fourth-order valence-electron chi connectivity index (χ4n) is 2.43. The minimum absolute atomic E-state index is 0.279. The van der Waals surface area contributed by atoms with Crippen LogP contribution in [-0.2, 0) is 12.8 Å². The molecule has 18 heavy (non-hydrogen) atoms. The first kappa shape index (κ1) is 13.6. The highest BCUT2D eigenvalue weighted by atomic mass is 16.3. The second-order valence-corrected chi connectivity index (χ2v) is 6.10. The predicted molar refractivity (Wildman–Crippen MR) is 75.7 cm³/mol. The van der Waals surface area contributed by atoms with Gasteiger partial charge in [0.1, 0.15) is 0 Å². The van der Waals surface area contributed by atoms with Crippen LogP contribution in [0.4, 0.5) is 0 Å². The van der Waals surface area contributed by atoms with Crippen LogP contribution in [-0.4, -0.2) is 23.3 Å². The molecular formula is C16H25NO. The van der Waals surface area contributed by atoms with Gasteiger partial charge in [-0.1, -0.05) is 38.1 Å². The van der Waals surface area contributed by atoms with Crippen LogP contribution in [0.1, 0.15) is 38.3 Å². The largest absolute Gasteiger partial charge is 0.389 e. The highest BCUT2D eigenvalue weighted by Crippen LogP contribution is 2.22. The Kier molecular flexibility index (Phi) is 4.08. The van der Waals surface area contributed by atoms with E-state index in [-0.39, 0.29) is 5.92 Å². The van der Waals surface area contributed by atoms with Gasteiger partial charge < -0.3 is 10.4 Å². The molecule has 0 radical (unpaired) electrons. The van der Waals surface area contributed by atoms with Crippen molar-refractivity contribution in [1.82, 2.24) is 5.32 Å². The van der Waals surface area contributed by atoms with Gasteiger partial charge in [0.2, 0.25) is 0 Å². The van der Waals surface area contributed by atoms with Crippen LogP contribution in [0.3, 0.4) is 0 Å². The fraction of sp³-hybridized carbons (Fsp3) is 0.625. The molecular weight excluding hydrogens is 222 g/mol. The molecule has 0 fully saturated rings. The van der Waals surface area contributed by atoms with Crippen LogP contribution in [0.5, 0.6) is 0 Å². The Morgan fingerprint density at radius 1 is 1.33 bits per heavy atom. The Balaban J connectivity index is 1.91. The maximum Gasteiger partial charge on any atom is 0.0766 e. The van der Waals surface area contributed by atoms with Crippen molar-refractivity contribution >= 4 is 0 Å². The number of fused-ring (bicyclic) bond motifs is 1. The second kappa shape index (κ2) is 5.41. The molecule has 0 saturated heterocycles. The third-order valence-electron chi connectivity index (χ3n) is 4.34. The first-order valence-corrected chi connectivity index (χ1v) is 7.01. The number of aryl methyl sites for hydroxylation is 1. The normalized spacial score (nSPS) is 22.6. The fourth-order valence-corrected chi connectivity index (χ4v) is 2.43. The lowest BCUT2D eigenvalue weighted by molar-refractivity contribution is 0.0114. The van der Waals surface area contributed by atoms with Crippen molar-refractivity contribution in [1.29, 1.82) is 0 Å². The maximum atomic E-state index is 10.3. The van der Waals surface area contributed by atoms with Crippen LogP contribution in [0, 0.1) is 5.92 Å². The van der Waals surface area contributed by atoms with Crippen LogP contribution in [0.15, 0.2) is 24.3 Å². The lowest BCUT2D eigenvalue weighted by atomic mass is 9.87. The van der Waals surface area contributed by atoms with Gasteiger partial charge in [-0.2, -0.15) is 0 Å². The second-order valence-electron chi connectivity index (χ2n) is 6.10. The smallest absolute Gasteiger partial charge is 0.0766 e. The summed E-state index contributed by atoms with van der Waals surface area (Å²) in [7, 11) is 0. The Hall–Kier alpha value is -0.860. The van der Waals surface area contributed by atoms with E-state index in [1.54, 1.807) is 0 Å². The molecule has 2 unspecified atom stereocenters. The zero-order chi connectivity index (χ0) is 13.2. The van der Waals surface area contributed by atoms with E-state index < -0.39 is 5.60 Å². The summed E-state index contributed by atoms with van der Waals surface area (Å²) in [6, 6.07) is 9.20. The van der Waals surface area contributed by atoms with Crippen molar-refractivity contribution in [3.8, 4) is 0 Å². The van der Waals surface area contributed by atoms with Crippen molar-refractivity contribution in [2.75, 3.05) is 6.54 Å². The minimum Gasteiger partial charge on any atom is -0.389 e. The standard InChI is InChI=1S/C16H25NO/c1-12(2)16(3,18)11-17-15-9-8-13-6-4-5-7-14(13)10-15/h4-7,12,15,17-18H,8-11H2,1-3H3. The molecule has 0 aliphatic heterocycles. The first-order chi connectivity index (χ1) is 8.49. The number of nitrogens with one attached hydrogen (secondary N) is 1. The van der Waals surface area contributed by atoms with E-state index >= 15 is 0 Å². The van der Waals surface area contributed by atoms with Crippen LogP contribution >= 0.6 is 0 Å². The highest BCUT2D eigenvalue weighted by molar-refractivity contribution is 5.30. The lowest BCUT2D eigenvalue weighted by Gasteiger charge is -2.32. The average Bonchev–Trinajstić information content (AvgIpc) is 2.36. The Labute approximate surface area is 110 Å². The summed E-state index contributed by atoms with van der Waals surface area (Å²) in [6.07, 6.45) is 3.41. The minimum atomic E-state index is -0.614. The molecule has 0 saturated carbocycles. The van der Waals surface area contributed by atoms with Gasteiger partial charge in [0, 0.05) is 12.6 Å². The van der Waals surface area contributed by atoms with Crippen LogP contribution in [0.2, 0.25) is 0 Å². The van der Waals surface area contributed by atoms with Crippen molar-refractivity contribution in [2.45, 2.75) is 51.7 Å². The van der Waals surface area contributed by atoms with Gasteiger partial charge in [0.15, 0.2) is 0 Å². The molecule has 100 valence electrons. The number of hydrogen-bond acceptors (Lipinski definition) is 2. The van der Waals surface area contributed by atoms with E-state index in [1.807, 2.05) is 6.92 Å². The molecule has 0 spiro atoms. The van der Waals surface area contributed by atoms with Crippen LogP contribution in [0.25, 0.3) is 0 Å². The maximum absolute atomic E-state index is 10.3. The van der Waals surface area contributed by atoms with Crippen molar-refractivity contribution in [2.24, 2.45) is 5.92 Å². The molecule has 1 aliphatic rings. The summed E-state index contributed by atoms with van der Waals surface area (Å²) in [5.41, 5.74) is 2.34. The molecule has 1 aromatic carbocycles. The summed E-state index contributed by atoms with van der Waals surface area (Å²) in [5, 5.41) is 13.8. The van der Waals surface area contributed by atoms with Crippen LogP contribution < -0.4 is 5.32 Å². The average molecular weight is 247 g/mol. The molecule has 0 amide bonds. The first-order valence-electron chi connectivity index (χ1n) is 7.01. The molecule has 0 aromatic heterocycles. The number of benzene rings is 1. The van der Waals surface area contributed by atoms with E-state index in [4.69, 9.17) is 0 Å². The quantitative estimate of drug-likeness (QED) is 0.857. The van der Waals surface area contributed by atoms with E-state index in [0.717, 1.165) is 12.8 Å². The van der Waals surface area contributed by atoms with Crippen molar-refractivity contribution < 1.29 is 5.11 Å². The van der Waals surface area contributed by atoms with E-state index in [9.17, 15) is 5.11 Å². The van der Waals surface area contributed by atoms with Gasteiger partial charge in [-0.3, -0.25) is 0 Å². The SMILES string of the molecule is CC(C)C(C)(O)CNC1CCc2ccccc2C1. The number of aliphatic hydroxyl groups is 1. The molecule has 0 heterocycles. The van der Waals surface area contributed by atoms with Gasteiger partial charge in [-0.25, -0.2) is 0 Å². The van der Waals surface area contributed by atoms with Gasteiger partial charge in [0.05, 0.1) is 5.60 Å². The Morgan fingerprint density at radius 3 is 2.67 bits per heavy atom. The predicted octanol–water partition coefficient (Wildman–Crippen LogP) is 2.54. The molecule has 2 N–H and O–H groups in total. The molecule has 0 bridgehead atoms.